The average molecular weight is 735 g/mol. The van der Waals surface area contributed by atoms with Crippen LogP contribution in [0.15, 0.2) is 0 Å². The lowest BCUT2D eigenvalue weighted by Gasteiger charge is -2.39. The molecule has 2 aliphatic carbocycles. The number of piperidine rings is 1. The number of fused-ring (bicyclic) bond motifs is 3. The topological polar surface area (TPSA) is 174 Å². The van der Waals surface area contributed by atoms with Crippen LogP contribution in [-0.4, -0.2) is 103 Å². The number of rotatable bonds is 9. The fourth-order valence-electron chi connectivity index (χ4n) is 9.24. The van der Waals surface area contributed by atoms with E-state index in [2.05, 4.69) is 35.1 Å². The van der Waals surface area contributed by atoms with Gasteiger partial charge in [0.05, 0.1) is 17.3 Å². The molecule has 0 radical (unpaired) electrons. The Morgan fingerprint density at radius 1 is 0.863 bits per heavy atom. The first-order chi connectivity index (χ1) is 24.3. The first-order valence-electron chi connectivity index (χ1n) is 19.8. The van der Waals surface area contributed by atoms with E-state index in [1.165, 1.54) is 4.31 Å². The van der Waals surface area contributed by atoms with E-state index in [9.17, 15) is 32.4 Å². The van der Waals surface area contributed by atoms with Crippen LogP contribution in [0.1, 0.15) is 130 Å². The number of carbonyl (C=O) groups excluding carboxylic acids is 5. The van der Waals surface area contributed by atoms with Crippen molar-refractivity contribution in [1.29, 1.82) is 0 Å². The predicted octanol–water partition coefficient (Wildman–Crippen LogP) is 3.37. The summed E-state index contributed by atoms with van der Waals surface area (Å²) in [7, 11) is -3.58. The maximum atomic E-state index is 14.5. The van der Waals surface area contributed by atoms with Gasteiger partial charge < -0.3 is 26.2 Å². The number of nitrogens with one attached hydrogen (secondary N) is 4. The maximum Gasteiger partial charge on any atom is 0.315 e. The summed E-state index contributed by atoms with van der Waals surface area (Å²) in [5, 5.41) is 11.6. The molecule has 288 valence electrons. The summed E-state index contributed by atoms with van der Waals surface area (Å²) in [5.41, 5.74) is -1.09. The van der Waals surface area contributed by atoms with Gasteiger partial charge in [-0.25, -0.2) is 17.5 Å². The van der Waals surface area contributed by atoms with Gasteiger partial charge in [0.2, 0.25) is 27.6 Å². The van der Waals surface area contributed by atoms with Crippen LogP contribution in [0.5, 0.6) is 0 Å². The molecule has 3 aliphatic heterocycles. The molecule has 3 saturated heterocycles. The van der Waals surface area contributed by atoms with Crippen molar-refractivity contribution < 1.29 is 32.4 Å². The summed E-state index contributed by atoms with van der Waals surface area (Å²) in [4.78, 5) is 70.0. The van der Waals surface area contributed by atoms with E-state index < -0.39 is 57.3 Å². The molecule has 5 amide bonds. The Balaban J connectivity index is 1.35. The van der Waals surface area contributed by atoms with E-state index in [4.69, 9.17) is 0 Å². The molecule has 2 saturated carbocycles. The van der Waals surface area contributed by atoms with Crippen molar-refractivity contribution in [3.05, 3.63) is 0 Å². The quantitative estimate of drug-likeness (QED) is 0.263. The lowest BCUT2D eigenvalue weighted by atomic mass is 9.83. The second kappa shape index (κ2) is 16.9. The van der Waals surface area contributed by atoms with Crippen molar-refractivity contribution >= 4 is 39.6 Å². The van der Waals surface area contributed by atoms with Gasteiger partial charge in [-0.05, 0) is 62.2 Å². The molecule has 0 aromatic carbocycles. The van der Waals surface area contributed by atoms with E-state index >= 15 is 0 Å². The summed E-state index contributed by atoms with van der Waals surface area (Å²) in [6.45, 7) is 7.81. The fourth-order valence-corrected chi connectivity index (χ4v) is 11.3. The van der Waals surface area contributed by atoms with Crippen LogP contribution in [0.3, 0.4) is 0 Å². The molecule has 5 fully saturated rings. The van der Waals surface area contributed by atoms with Crippen LogP contribution in [0.4, 0.5) is 4.79 Å². The molecule has 5 atom stereocenters. The van der Waals surface area contributed by atoms with Gasteiger partial charge in [-0.1, -0.05) is 85.0 Å². The number of hydrogen-bond donors (Lipinski definition) is 4. The van der Waals surface area contributed by atoms with Crippen LogP contribution >= 0.6 is 0 Å². The highest BCUT2D eigenvalue weighted by Gasteiger charge is 2.69. The van der Waals surface area contributed by atoms with E-state index in [0.717, 1.165) is 70.6 Å². The summed E-state index contributed by atoms with van der Waals surface area (Å²) >= 11 is 0. The zero-order chi connectivity index (χ0) is 36.8. The van der Waals surface area contributed by atoms with Crippen LogP contribution in [-0.2, 0) is 29.2 Å². The van der Waals surface area contributed by atoms with E-state index in [1.54, 1.807) is 4.90 Å². The molecular weight excluding hydrogens is 673 g/mol. The van der Waals surface area contributed by atoms with Gasteiger partial charge in [0.15, 0.2) is 0 Å². The summed E-state index contributed by atoms with van der Waals surface area (Å²) in [6.07, 6.45) is 12.9. The van der Waals surface area contributed by atoms with E-state index in [0.29, 0.717) is 64.7 Å². The van der Waals surface area contributed by atoms with Crippen molar-refractivity contribution in [1.82, 2.24) is 30.5 Å². The fraction of sp³-hybridized carbons (Fsp3) is 0.865. The third-order valence-corrected chi connectivity index (χ3v) is 14.4. The van der Waals surface area contributed by atoms with Crippen molar-refractivity contribution in [3.63, 3.8) is 0 Å². The highest BCUT2D eigenvalue weighted by Crippen LogP contribution is 2.65. The average Bonchev–Trinajstić information content (AvgIpc) is 3.54. The number of nitrogens with zero attached hydrogens (tertiary/aromatic N) is 2. The molecule has 0 spiro atoms. The predicted molar refractivity (Wildman–Crippen MR) is 194 cm³/mol. The molecule has 4 N–H and O–H groups in total. The molecule has 13 nitrogen and oxygen atoms in total. The lowest BCUT2D eigenvalue weighted by Crippen LogP contribution is -2.62. The van der Waals surface area contributed by atoms with Crippen molar-refractivity contribution in [2.75, 3.05) is 31.9 Å². The monoisotopic (exact) mass is 734 g/mol. The second-order valence-electron chi connectivity index (χ2n) is 16.5. The number of urea groups is 1. The van der Waals surface area contributed by atoms with Gasteiger partial charge in [-0.15, -0.1) is 0 Å². The van der Waals surface area contributed by atoms with E-state index in [1.807, 2.05) is 6.92 Å². The zero-order valence-corrected chi connectivity index (χ0v) is 31.9. The summed E-state index contributed by atoms with van der Waals surface area (Å²) in [5.74, 6) is -2.33. The smallest absolute Gasteiger partial charge is 0.315 e. The number of Topliss-reactive ketones (excluding diaryl/α,β-unsaturated/α-hetero) is 1. The number of amides is 5. The molecule has 5 rings (SSSR count). The standard InChI is InChI=1S/C37H62N6O7S/c1-4-21-38-33(46)31(44)27-17-11-8-6-5-7-9-12-18-28(34(47)43-24-26-29(36(26,2)3)30(43)32(45)39-27)40-35(48)41-37(19-13-10-14-20-37)25-51(49,50)42-22-15-16-23-42/h26-30H,4-25H2,1-3H3,(H,38,46)(H,39,45)(H2,40,41,48)/t26-,27-,28-,29-,30-/m0/s1. The Morgan fingerprint density at radius 2 is 1.47 bits per heavy atom. The minimum atomic E-state index is -3.58. The van der Waals surface area contributed by atoms with Gasteiger partial charge in [-0.2, -0.15) is 0 Å². The molecule has 14 heteroatoms. The second-order valence-corrected chi connectivity index (χ2v) is 18.4. The van der Waals surface area contributed by atoms with Crippen LogP contribution < -0.4 is 21.3 Å². The number of ketones is 1. The van der Waals surface area contributed by atoms with Crippen LogP contribution in [0, 0.1) is 17.3 Å². The third kappa shape index (κ3) is 9.44. The Kier molecular flexibility index (Phi) is 13.1. The third-order valence-electron chi connectivity index (χ3n) is 12.3. The summed E-state index contributed by atoms with van der Waals surface area (Å²) in [6, 6.07) is -3.27. The molecular formula is C37H62N6O7S. The SMILES string of the molecule is CCCNC(=O)C(=O)[C@@H]1CCCCCCCCC[C@H](NC(=O)NC2(CS(=O)(=O)N3CCCC3)CCCCC2)C(=O)N2C[C@H]3[C@@H]([C@H]2C(=O)N1)C3(C)C. The molecule has 0 aromatic heterocycles. The van der Waals surface area contributed by atoms with Crippen LogP contribution in [0.2, 0.25) is 0 Å². The molecule has 51 heavy (non-hydrogen) atoms. The number of sulfonamides is 1. The molecule has 0 aromatic rings. The van der Waals surface area contributed by atoms with Gasteiger partial charge in [0.1, 0.15) is 12.1 Å². The zero-order valence-electron chi connectivity index (χ0n) is 31.1. The molecule has 0 bridgehead atoms. The molecule has 5 aliphatic rings. The lowest BCUT2D eigenvalue weighted by molar-refractivity contribution is -0.144. The largest absolute Gasteiger partial charge is 0.349 e. The normalized spacial score (nSPS) is 30.4. The first-order valence-corrected chi connectivity index (χ1v) is 21.4. The van der Waals surface area contributed by atoms with Crippen molar-refractivity contribution in [3.8, 4) is 0 Å². The Bertz CT molecular complexity index is 1390. The number of hydrogen-bond acceptors (Lipinski definition) is 7. The van der Waals surface area contributed by atoms with Gasteiger partial charge in [-0.3, -0.25) is 19.2 Å². The Labute approximate surface area is 304 Å². The van der Waals surface area contributed by atoms with Gasteiger partial charge in [0.25, 0.3) is 5.91 Å². The number of carbonyl (C=O) groups is 5. The van der Waals surface area contributed by atoms with Gasteiger partial charge >= 0.3 is 6.03 Å². The highest BCUT2D eigenvalue weighted by atomic mass is 32.2. The maximum absolute atomic E-state index is 14.5. The Morgan fingerprint density at radius 3 is 2.12 bits per heavy atom. The summed E-state index contributed by atoms with van der Waals surface area (Å²) < 4.78 is 28.4. The van der Waals surface area contributed by atoms with Crippen LogP contribution in [0.25, 0.3) is 0 Å². The Hall–Kier alpha value is -2.74. The molecule has 0 unspecified atom stereocenters. The molecule has 3 heterocycles. The minimum Gasteiger partial charge on any atom is -0.349 e. The van der Waals surface area contributed by atoms with Crippen molar-refractivity contribution in [2.45, 2.75) is 154 Å². The minimum absolute atomic E-state index is 0.0945. The van der Waals surface area contributed by atoms with E-state index in [-0.39, 0.29) is 28.9 Å². The van der Waals surface area contributed by atoms with Crippen molar-refractivity contribution in [2.24, 2.45) is 17.3 Å². The highest BCUT2D eigenvalue weighted by molar-refractivity contribution is 7.89. The first kappa shape index (κ1) is 39.5. The van der Waals surface area contributed by atoms with Gasteiger partial charge in [0, 0.05) is 26.2 Å².